The maximum Gasteiger partial charge on any atom is 0.256 e. The van der Waals surface area contributed by atoms with Crippen LogP contribution in [0.25, 0.3) is 17.1 Å². The van der Waals surface area contributed by atoms with Crippen molar-refractivity contribution in [1.29, 1.82) is 0 Å². The first-order valence-electron chi connectivity index (χ1n) is 10.6. The number of methoxy groups -OCH3 is 3. The summed E-state index contributed by atoms with van der Waals surface area (Å²) in [6.45, 7) is 1.90. The Morgan fingerprint density at radius 2 is 1.67 bits per heavy atom. The van der Waals surface area contributed by atoms with E-state index in [1.165, 1.54) is 0 Å². The van der Waals surface area contributed by atoms with Gasteiger partial charge in [0.2, 0.25) is 0 Å². The largest absolute Gasteiger partial charge is 0.376 e. The van der Waals surface area contributed by atoms with E-state index in [0.29, 0.717) is 0 Å². The van der Waals surface area contributed by atoms with Gasteiger partial charge < -0.3 is 23.8 Å². The summed E-state index contributed by atoms with van der Waals surface area (Å²) in [6.07, 6.45) is 3.24. The Balaban J connectivity index is 1.40. The smallest absolute Gasteiger partial charge is 0.256 e. The van der Waals surface area contributed by atoms with Crippen molar-refractivity contribution in [1.82, 2.24) is 14.8 Å². The van der Waals surface area contributed by atoms with Gasteiger partial charge in [0.15, 0.2) is 6.10 Å². The zero-order valence-electron chi connectivity index (χ0n) is 19.1. The van der Waals surface area contributed by atoms with Crippen LogP contribution in [0.3, 0.4) is 0 Å². The second-order valence-corrected chi connectivity index (χ2v) is 7.60. The lowest BCUT2D eigenvalue weighted by atomic mass is 9.99. The lowest BCUT2D eigenvalue weighted by Crippen LogP contribution is -2.59. The van der Waals surface area contributed by atoms with Gasteiger partial charge in [-0.2, -0.15) is 5.10 Å². The average molecular weight is 453 g/mol. The SMILES string of the molecule is CO[C@@H]1[C@@H](OC)[C@H](C)O[C@@H](O/N=C/c2ccc(-n3ccc(-c4ccccn4)n3)cc2)[C@@H]1OC. The Bertz CT molecular complexity index is 1040. The highest BCUT2D eigenvalue weighted by atomic mass is 16.8. The zero-order chi connectivity index (χ0) is 23.2. The van der Waals surface area contributed by atoms with Crippen molar-refractivity contribution in [2.45, 2.75) is 37.6 Å². The van der Waals surface area contributed by atoms with Gasteiger partial charge in [0.05, 0.1) is 23.7 Å². The van der Waals surface area contributed by atoms with Gasteiger partial charge in [-0.05, 0) is 42.8 Å². The second-order valence-electron chi connectivity index (χ2n) is 7.60. The molecule has 0 bridgehead atoms. The monoisotopic (exact) mass is 452 g/mol. The number of ether oxygens (including phenoxy) is 4. The molecule has 4 rings (SSSR count). The Labute approximate surface area is 192 Å². The summed E-state index contributed by atoms with van der Waals surface area (Å²) >= 11 is 0. The molecule has 0 radical (unpaired) electrons. The molecule has 1 aliphatic rings. The molecular formula is C24H28N4O5. The van der Waals surface area contributed by atoms with Gasteiger partial charge in [-0.1, -0.05) is 23.4 Å². The Morgan fingerprint density at radius 3 is 2.33 bits per heavy atom. The molecule has 3 heterocycles. The Kier molecular flexibility index (Phi) is 7.46. The molecule has 5 atom stereocenters. The molecule has 1 aliphatic heterocycles. The van der Waals surface area contributed by atoms with Crippen LogP contribution in [0.2, 0.25) is 0 Å². The number of oxime groups is 1. The summed E-state index contributed by atoms with van der Waals surface area (Å²) in [4.78, 5) is 9.95. The highest BCUT2D eigenvalue weighted by Gasteiger charge is 2.46. The van der Waals surface area contributed by atoms with Gasteiger partial charge in [0.25, 0.3) is 6.29 Å². The maximum absolute atomic E-state index is 5.90. The second kappa shape index (κ2) is 10.7. The maximum atomic E-state index is 5.90. The van der Waals surface area contributed by atoms with Crippen LogP contribution < -0.4 is 0 Å². The van der Waals surface area contributed by atoms with E-state index < -0.39 is 12.4 Å². The van der Waals surface area contributed by atoms with Crippen LogP contribution in [-0.2, 0) is 23.8 Å². The van der Waals surface area contributed by atoms with E-state index >= 15 is 0 Å². The highest BCUT2D eigenvalue weighted by Crippen LogP contribution is 2.27. The fourth-order valence-electron chi connectivity index (χ4n) is 3.88. The van der Waals surface area contributed by atoms with E-state index in [1.54, 1.807) is 38.4 Å². The third kappa shape index (κ3) is 5.12. The van der Waals surface area contributed by atoms with Crippen LogP contribution in [0.5, 0.6) is 0 Å². The molecule has 0 unspecified atom stereocenters. The van der Waals surface area contributed by atoms with E-state index in [4.69, 9.17) is 23.8 Å². The molecule has 0 amide bonds. The third-order valence-electron chi connectivity index (χ3n) is 5.58. The number of hydrogen-bond acceptors (Lipinski definition) is 8. The van der Waals surface area contributed by atoms with E-state index in [0.717, 1.165) is 22.6 Å². The molecule has 0 N–H and O–H groups in total. The quantitative estimate of drug-likeness (QED) is 0.383. The zero-order valence-corrected chi connectivity index (χ0v) is 19.1. The van der Waals surface area contributed by atoms with Gasteiger partial charge in [-0.15, -0.1) is 0 Å². The first-order valence-corrected chi connectivity index (χ1v) is 10.6. The number of rotatable bonds is 8. The normalized spacial score (nSPS) is 25.4. The first-order chi connectivity index (χ1) is 16.1. The van der Waals surface area contributed by atoms with Crippen molar-refractivity contribution in [3.05, 3.63) is 66.5 Å². The fraction of sp³-hybridized carbons (Fsp3) is 0.375. The van der Waals surface area contributed by atoms with Gasteiger partial charge in [-0.25, -0.2) is 4.68 Å². The lowest BCUT2D eigenvalue weighted by molar-refractivity contribution is -0.305. The van der Waals surface area contributed by atoms with Crippen molar-refractivity contribution in [3.63, 3.8) is 0 Å². The number of pyridine rings is 1. The van der Waals surface area contributed by atoms with Crippen LogP contribution in [0.4, 0.5) is 0 Å². The van der Waals surface area contributed by atoms with Gasteiger partial charge in [0, 0.05) is 33.7 Å². The standard InChI is InChI=1S/C24H28N4O5/c1-16-21(29-2)22(30-3)23(31-4)24(32-16)33-26-15-17-8-10-18(11-9-17)28-14-12-20(27-28)19-7-5-6-13-25-19/h5-16,21-24H,1-4H3/b26-15+/t16-,21-,22+,23+,24-/m0/s1. The molecule has 0 aliphatic carbocycles. The molecule has 9 nitrogen and oxygen atoms in total. The predicted molar refractivity (Wildman–Crippen MR) is 122 cm³/mol. The molecular weight excluding hydrogens is 424 g/mol. The molecule has 0 spiro atoms. The third-order valence-corrected chi connectivity index (χ3v) is 5.58. The highest BCUT2D eigenvalue weighted by molar-refractivity contribution is 5.79. The topological polar surface area (TPSA) is 89.2 Å². The van der Waals surface area contributed by atoms with Crippen molar-refractivity contribution in [3.8, 4) is 17.1 Å². The predicted octanol–water partition coefficient (Wildman–Crippen LogP) is 3.07. The van der Waals surface area contributed by atoms with Gasteiger partial charge in [0.1, 0.15) is 17.9 Å². The van der Waals surface area contributed by atoms with Crippen LogP contribution >= 0.6 is 0 Å². The molecule has 1 fully saturated rings. The lowest BCUT2D eigenvalue weighted by Gasteiger charge is -2.42. The van der Waals surface area contributed by atoms with Gasteiger partial charge >= 0.3 is 0 Å². The number of hydrogen-bond donors (Lipinski definition) is 0. The first kappa shape index (κ1) is 23.1. The summed E-state index contributed by atoms with van der Waals surface area (Å²) in [5.41, 5.74) is 3.44. The van der Waals surface area contributed by atoms with Crippen LogP contribution in [-0.4, -0.2) is 73.0 Å². The minimum Gasteiger partial charge on any atom is -0.376 e. The van der Waals surface area contributed by atoms with Crippen LogP contribution in [0, 0.1) is 0 Å². The van der Waals surface area contributed by atoms with E-state index in [2.05, 4.69) is 15.2 Å². The average Bonchev–Trinajstić information content (AvgIpc) is 3.35. The van der Waals surface area contributed by atoms with E-state index in [9.17, 15) is 0 Å². The van der Waals surface area contributed by atoms with E-state index in [1.807, 2.05) is 61.7 Å². The van der Waals surface area contributed by atoms with Crippen LogP contribution in [0.15, 0.2) is 66.1 Å². The van der Waals surface area contributed by atoms with Crippen LogP contribution in [0.1, 0.15) is 12.5 Å². The summed E-state index contributed by atoms with van der Waals surface area (Å²) < 4.78 is 24.3. The molecule has 1 aromatic carbocycles. The molecule has 2 aromatic heterocycles. The molecule has 0 saturated carbocycles. The van der Waals surface area contributed by atoms with Crippen molar-refractivity contribution >= 4 is 6.21 Å². The Morgan fingerprint density at radius 1 is 0.909 bits per heavy atom. The molecule has 33 heavy (non-hydrogen) atoms. The number of nitrogens with zero attached hydrogens (tertiary/aromatic N) is 4. The summed E-state index contributed by atoms with van der Waals surface area (Å²) in [5.74, 6) is 0. The van der Waals surface area contributed by atoms with Crippen molar-refractivity contribution < 1.29 is 23.8 Å². The number of benzene rings is 1. The summed E-state index contributed by atoms with van der Waals surface area (Å²) in [6, 6.07) is 15.5. The molecule has 174 valence electrons. The van der Waals surface area contributed by atoms with Crippen molar-refractivity contribution in [2.24, 2.45) is 5.16 Å². The minimum atomic E-state index is -0.717. The van der Waals surface area contributed by atoms with E-state index in [-0.39, 0.29) is 18.3 Å². The molecule has 9 heteroatoms. The molecule has 1 saturated heterocycles. The summed E-state index contributed by atoms with van der Waals surface area (Å²) in [7, 11) is 4.81. The fourth-order valence-corrected chi connectivity index (χ4v) is 3.88. The molecule has 3 aromatic rings. The van der Waals surface area contributed by atoms with Gasteiger partial charge in [-0.3, -0.25) is 4.98 Å². The minimum absolute atomic E-state index is 0.240. The number of aromatic nitrogens is 3. The van der Waals surface area contributed by atoms with Crippen molar-refractivity contribution in [2.75, 3.05) is 21.3 Å². The summed E-state index contributed by atoms with van der Waals surface area (Å²) in [5, 5.41) is 8.71. The Hall–Kier alpha value is -3.11.